The van der Waals surface area contributed by atoms with E-state index in [4.69, 9.17) is 0 Å². The van der Waals surface area contributed by atoms with Crippen LogP contribution in [0.25, 0.3) is 0 Å². The maximum atomic E-state index is 15.4. The summed E-state index contributed by atoms with van der Waals surface area (Å²) in [7, 11) is 0. The Balaban J connectivity index is 1.23. The number of piperidine rings is 2. The molecule has 5 rings (SSSR count). The lowest BCUT2D eigenvalue weighted by Gasteiger charge is -2.41. The third-order valence-corrected chi connectivity index (χ3v) is 7.25. The van der Waals surface area contributed by atoms with Crippen LogP contribution < -0.4 is 15.5 Å². The molecule has 3 amide bonds. The smallest absolute Gasteiger partial charge is 0.255 e. The van der Waals surface area contributed by atoms with Crippen LogP contribution in [0.2, 0.25) is 0 Å². The first-order chi connectivity index (χ1) is 15.4. The number of carbonyl (C=O) groups is 3. The molecule has 0 radical (unpaired) electrons. The van der Waals surface area contributed by atoms with E-state index in [1.807, 2.05) is 18.2 Å². The van der Waals surface area contributed by atoms with Crippen LogP contribution >= 0.6 is 0 Å². The minimum atomic E-state index is -1.15. The van der Waals surface area contributed by atoms with Crippen molar-refractivity contribution in [3.05, 3.63) is 29.3 Å². The van der Waals surface area contributed by atoms with Gasteiger partial charge in [-0.25, -0.2) is 4.39 Å². The fourth-order valence-corrected chi connectivity index (χ4v) is 5.35. The molecule has 4 aliphatic rings. The summed E-state index contributed by atoms with van der Waals surface area (Å²) in [6.07, 6.45) is 1.59. The molecule has 1 unspecified atom stereocenters. The zero-order valence-corrected chi connectivity index (χ0v) is 18.2. The molecule has 4 heterocycles. The number of carbonyl (C=O) groups excluding carboxylic acids is 3. The van der Waals surface area contributed by atoms with Crippen LogP contribution in [0.5, 0.6) is 0 Å². The van der Waals surface area contributed by atoms with Crippen molar-refractivity contribution in [2.75, 3.05) is 50.7 Å². The fourth-order valence-electron chi connectivity index (χ4n) is 5.35. The number of imide groups is 1. The van der Waals surface area contributed by atoms with Gasteiger partial charge in [-0.3, -0.25) is 24.6 Å². The number of fused-ring (bicyclic) bond motifs is 1. The van der Waals surface area contributed by atoms with Crippen molar-refractivity contribution in [2.45, 2.75) is 43.9 Å². The van der Waals surface area contributed by atoms with E-state index in [-0.39, 0.29) is 18.2 Å². The average Bonchev–Trinajstić information content (AvgIpc) is 3.10. The highest BCUT2D eigenvalue weighted by atomic mass is 19.1. The van der Waals surface area contributed by atoms with Gasteiger partial charge in [0.05, 0.1) is 0 Å². The second-order valence-electron chi connectivity index (χ2n) is 9.41. The summed E-state index contributed by atoms with van der Waals surface area (Å²) < 4.78 is 15.4. The fraction of sp³-hybridized carbons (Fsp3) is 0.609. The molecule has 9 heteroatoms. The Kier molecular flexibility index (Phi) is 5.63. The van der Waals surface area contributed by atoms with Gasteiger partial charge in [-0.1, -0.05) is 0 Å². The number of amides is 3. The lowest BCUT2D eigenvalue weighted by atomic mass is 9.92. The average molecular weight is 444 g/mol. The second-order valence-corrected chi connectivity index (χ2v) is 9.41. The molecule has 1 aromatic rings. The predicted molar refractivity (Wildman–Crippen MR) is 117 cm³/mol. The van der Waals surface area contributed by atoms with Gasteiger partial charge in [0.25, 0.3) is 5.91 Å². The van der Waals surface area contributed by atoms with E-state index in [1.54, 1.807) is 4.90 Å². The van der Waals surface area contributed by atoms with E-state index in [9.17, 15) is 14.4 Å². The first-order valence-corrected chi connectivity index (χ1v) is 11.6. The van der Waals surface area contributed by atoms with Crippen LogP contribution in [0.4, 0.5) is 10.1 Å². The summed E-state index contributed by atoms with van der Waals surface area (Å²) in [5, 5.41) is 5.64. The molecule has 0 saturated carbocycles. The van der Waals surface area contributed by atoms with Crippen molar-refractivity contribution < 1.29 is 18.8 Å². The van der Waals surface area contributed by atoms with E-state index < -0.39 is 17.6 Å². The normalized spacial score (nSPS) is 26.3. The Hall–Kier alpha value is -2.52. The largest absolute Gasteiger partial charge is 0.371 e. The molecule has 32 heavy (non-hydrogen) atoms. The van der Waals surface area contributed by atoms with Crippen molar-refractivity contribution in [3.8, 4) is 0 Å². The van der Waals surface area contributed by atoms with Crippen molar-refractivity contribution in [2.24, 2.45) is 0 Å². The Morgan fingerprint density at radius 1 is 1.06 bits per heavy atom. The molecular formula is C23H30FN5O3. The number of rotatable bonds is 4. The predicted octanol–water partition coefficient (Wildman–Crippen LogP) is 0.661. The molecule has 3 fully saturated rings. The highest BCUT2D eigenvalue weighted by Crippen LogP contribution is 2.34. The molecule has 4 aliphatic heterocycles. The molecular weight excluding hydrogens is 413 g/mol. The lowest BCUT2D eigenvalue weighted by Crippen LogP contribution is -2.52. The van der Waals surface area contributed by atoms with Crippen LogP contribution in [0, 0.1) is 0 Å². The van der Waals surface area contributed by atoms with Crippen LogP contribution in [-0.4, -0.2) is 85.0 Å². The maximum absolute atomic E-state index is 15.4. The summed E-state index contributed by atoms with van der Waals surface area (Å²) in [5.41, 5.74) is 1.33. The summed E-state index contributed by atoms with van der Waals surface area (Å²) in [6, 6.07) is 5.13. The highest BCUT2D eigenvalue weighted by Gasteiger charge is 2.40. The van der Waals surface area contributed by atoms with Crippen LogP contribution in [0.15, 0.2) is 18.2 Å². The first kappa shape index (κ1) is 21.3. The number of nitrogens with one attached hydrogen (secondary N) is 2. The summed E-state index contributed by atoms with van der Waals surface area (Å²) in [5.74, 6) is -0.857. The SMILES string of the molecule is O=C1CCC(N2Cc3cc(N4CCC(F)(CN5CCNCC5)CC4)ccc3C2=O)C(=O)N1. The maximum Gasteiger partial charge on any atom is 0.255 e. The molecule has 0 spiro atoms. The molecule has 0 bridgehead atoms. The van der Waals surface area contributed by atoms with Crippen LogP contribution in [0.3, 0.4) is 0 Å². The minimum absolute atomic E-state index is 0.168. The molecule has 0 aliphatic carbocycles. The monoisotopic (exact) mass is 443 g/mol. The van der Waals surface area contributed by atoms with E-state index in [0.29, 0.717) is 51.0 Å². The van der Waals surface area contributed by atoms with Gasteiger partial charge < -0.3 is 15.1 Å². The van der Waals surface area contributed by atoms with Gasteiger partial charge in [0, 0.05) is 82.9 Å². The third-order valence-electron chi connectivity index (χ3n) is 7.25. The molecule has 1 atom stereocenters. The van der Waals surface area contributed by atoms with E-state index in [2.05, 4.69) is 20.4 Å². The number of nitrogens with zero attached hydrogens (tertiary/aromatic N) is 3. The molecule has 2 N–H and O–H groups in total. The molecule has 3 saturated heterocycles. The number of anilines is 1. The van der Waals surface area contributed by atoms with Gasteiger partial charge in [-0.2, -0.15) is 0 Å². The van der Waals surface area contributed by atoms with E-state index in [0.717, 1.165) is 37.4 Å². The molecule has 172 valence electrons. The van der Waals surface area contributed by atoms with Crippen molar-refractivity contribution in [3.63, 3.8) is 0 Å². The number of hydrogen-bond donors (Lipinski definition) is 2. The molecule has 8 nitrogen and oxygen atoms in total. The number of piperazine rings is 1. The first-order valence-electron chi connectivity index (χ1n) is 11.6. The van der Waals surface area contributed by atoms with E-state index in [1.165, 1.54) is 0 Å². The highest BCUT2D eigenvalue weighted by molar-refractivity contribution is 6.05. The van der Waals surface area contributed by atoms with Gasteiger partial charge in [0.1, 0.15) is 11.7 Å². The molecule has 0 aromatic heterocycles. The summed E-state index contributed by atoms with van der Waals surface area (Å²) in [6.45, 7) is 5.80. The number of hydrogen-bond acceptors (Lipinski definition) is 6. The summed E-state index contributed by atoms with van der Waals surface area (Å²) in [4.78, 5) is 42.5. The van der Waals surface area contributed by atoms with Crippen molar-refractivity contribution >= 4 is 23.4 Å². The zero-order chi connectivity index (χ0) is 22.3. The standard InChI is InChI=1S/C23H30FN5O3/c24-23(15-27-11-7-25-8-12-27)5-9-28(10-6-23)17-1-2-18-16(13-17)14-29(22(18)32)19-3-4-20(30)26-21(19)31/h1-2,13,19,25H,3-12,14-15H2,(H,26,30,31). The second kappa shape index (κ2) is 8.44. The Labute approximate surface area is 187 Å². The number of alkyl halides is 1. The minimum Gasteiger partial charge on any atom is -0.371 e. The van der Waals surface area contributed by atoms with Gasteiger partial charge in [-0.15, -0.1) is 0 Å². The van der Waals surface area contributed by atoms with Gasteiger partial charge in [0.2, 0.25) is 11.8 Å². The van der Waals surface area contributed by atoms with Gasteiger partial charge in [0.15, 0.2) is 0 Å². The molecule has 1 aromatic carbocycles. The lowest BCUT2D eigenvalue weighted by molar-refractivity contribution is -0.136. The van der Waals surface area contributed by atoms with Crippen molar-refractivity contribution in [1.82, 2.24) is 20.4 Å². The zero-order valence-electron chi connectivity index (χ0n) is 18.2. The Morgan fingerprint density at radius 2 is 1.81 bits per heavy atom. The third kappa shape index (κ3) is 4.11. The van der Waals surface area contributed by atoms with Crippen LogP contribution in [-0.2, 0) is 16.1 Å². The van der Waals surface area contributed by atoms with Gasteiger partial charge >= 0.3 is 0 Å². The Morgan fingerprint density at radius 3 is 2.53 bits per heavy atom. The number of halogens is 1. The summed E-state index contributed by atoms with van der Waals surface area (Å²) >= 11 is 0. The number of benzene rings is 1. The van der Waals surface area contributed by atoms with Crippen LogP contribution in [0.1, 0.15) is 41.6 Å². The topological polar surface area (TPSA) is 85.0 Å². The quantitative estimate of drug-likeness (QED) is 0.666. The Bertz CT molecular complexity index is 924. The van der Waals surface area contributed by atoms with E-state index >= 15 is 4.39 Å². The van der Waals surface area contributed by atoms with Gasteiger partial charge in [-0.05, 0) is 30.2 Å². The van der Waals surface area contributed by atoms with Crippen molar-refractivity contribution in [1.29, 1.82) is 0 Å².